The van der Waals surface area contributed by atoms with Crippen molar-refractivity contribution < 1.29 is 23.8 Å². The number of hydrogen-bond donors (Lipinski definition) is 3. The molecule has 6 nitrogen and oxygen atoms in total. The van der Waals surface area contributed by atoms with E-state index in [2.05, 4.69) is 10.6 Å². The molecular weight excluding hydrogens is 279 g/mol. The van der Waals surface area contributed by atoms with E-state index < -0.39 is 23.9 Å². The van der Waals surface area contributed by atoms with Gasteiger partial charge in [-0.1, -0.05) is 0 Å². The summed E-state index contributed by atoms with van der Waals surface area (Å²) in [4.78, 5) is 22.6. The minimum Gasteiger partial charge on any atom is -0.494 e. The van der Waals surface area contributed by atoms with Crippen molar-refractivity contribution in [3.63, 3.8) is 0 Å². The molecule has 2 rings (SSSR count). The first-order valence-electron chi connectivity index (χ1n) is 6.62. The Hall–Kier alpha value is -2.31. The molecule has 1 atom stereocenters. The lowest BCUT2D eigenvalue weighted by Gasteiger charge is -2.17. The number of aliphatic carboxylic acids is 1. The van der Waals surface area contributed by atoms with Gasteiger partial charge in [-0.3, -0.25) is 4.79 Å². The van der Waals surface area contributed by atoms with Crippen molar-refractivity contribution in [2.24, 2.45) is 5.92 Å². The number of nitrogens with one attached hydrogen (secondary N) is 2. The Labute approximate surface area is 121 Å². The van der Waals surface area contributed by atoms with E-state index in [1.807, 2.05) is 0 Å². The monoisotopic (exact) mass is 296 g/mol. The van der Waals surface area contributed by atoms with E-state index in [-0.39, 0.29) is 23.8 Å². The summed E-state index contributed by atoms with van der Waals surface area (Å²) in [5.74, 6) is -1.25. The number of carbonyl (C=O) groups excluding carboxylic acids is 1. The van der Waals surface area contributed by atoms with Crippen molar-refractivity contribution >= 4 is 17.7 Å². The molecule has 1 fully saturated rings. The lowest BCUT2D eigenvalue weighted by atomic mass is 10.1. The van der Waals surface area contributed by atoms with Gasteiger partial charge in [0.05, 0.1) is 13.5 Å². The van der Waals surface area contributed by atoms with Crippen LogP contribution >= 0.6 is 0 Å². The van der Waals surface area contributed by atoms with Crippen LogP contribution in [0.1, 0.15) is 19.3 Å². The van der Waals surface area contributed by atoms with Crippen LogP contribution in [-0.2, 0) is 4.79 Å². The molecule has 1 aliphatic rings. The van der Waals surface area contributed by atoms with Crippen molar-refractivity contribution in [1.29, 1.82) is 0 Å². The number of anilines is 1. The highest BCUT2D eigenvalue weighted by Gasteiger charge is 2.33. The van der Waals surface area contributed by atoms with E-state index in [1.165, 1.54) is 19.2 Å². The lowest BCUT2D eigenvalue weighted by molar-refractivity contribution is -0.137. The molecule has 0 heterocycles. The number of halogens is 1. The van der Waals surface area contributed by atoms with E-state index in [4.69, 9.17) is 9.84 Å². The van der Waals surface area contributed by atoms with Crippen LogP contribution < -0.4 is 15.4 Å². The second kappa shape index (κ2) is 6.43. The first-order chi connectivity index (χ1) is 9.99. The van der Waals surface area contributed by atoms with Gasteiger partial charge in [0.1, 0.15) is 0 Å². The third-order valence-corrected chi connectivity index (χ3v) is 3.31. The molecule has 3 N–H and O–H groups in total. The highest BCUT2D eigenvalue weighted by molar-refractivity contribution is 5.89. The zero-order chi connectivity index (χ0) is 15.4. The first kappa shape index (κ1) is 15.1. The predicted molar refractivity (Wildman–Crippen MR) is 73.9 cm³/mol. The molecule has 0 radical (unpaired) electrons. The van der Waals surface area contributed by atoms with E-state index in [0.29, 0.717) is 0 Å². The lowest BCUT2D eigenvalue weighted by Crippen LogP contribution is -2.40. The molecule has 1 aromatic carbocycles. The van der Waals surface area contributed by atoms with Gasteiger partial charge in [0, 0.05) is 17.8 Å². The van der Waals surface area contributed by atoms with Crippen LogP contribution in [0.4, 0.5) is 14.9 Å². The molecule has 21 heavy (non-hydrogen) atoms. The average Bonchev–Trinajstić information content (AvgIpc) is 3.21. The van der Waals surface area contributed by atoms with Crippen molar-refractivity contribution in [3.8, 4) is 5.75 Å². The smallest absolute Gasteiger partial charge is 0.319 e. The molecule has 1 saturated carbocycles. The summed E-state index contributed by atoms with van der Waals surface area (Å²) in [7, 11) is 1.35. The second-order valence-corrected chi connectivity index (χ2v) is 4.99. The molecule has 1 aliphatic carbocycles. The van der Waals surface area contributed by atoms with Crippen molar-refractivity contribution in [2.75, 3.05) is 12.4 Å². The van der Waals surface area contributed by atoms with E-state index in [0.717, 1.165) is 18.9 Å². The maximum Gasteiger partial charge on any atom is 0.319 e. The molecule has 1 aromatic rings. The highest BCUT2D eigenvalue weighted by Crippen LogP contribution is 2.34. The first-order valence-corrected chi connectivity index (χ1v) is 6.62. The number of carbonyl (C=O) groups is 2. The topological polar surface area (TPSA) is 87.7 Å². The van der Waals surface area contributed by atoms with Gasteiger partial charge < -0.3 is 20.5 Å². The Morgan fingerprint density at radius 2 is 2.19 bits per heavy atom. The zero-order valence-electron chi connectivity index (χ0n) is 11.6. The number of benzene rings is 1. The maximum absolute atomic E-state index is 13.5. The van der Waals surface area contributed by atoms with E-state index in [1.54, 1.807) is 0 Å². The average molecular weight is 296 g/mol. The minimum absolute atomic E-state index is 0.0858. The van der Waals surface area contributed by atoms with Gasteiger partial charge in [-0.25, -0.2) is 9.18 Å². The van der Waals surface area contributed by atoms with Crippen LogP contribution in [0.2, 0.25) is 0 Å². The zero-order valence-corrected chi connectivity index (χ0v) is 11.6. The number of amides is 2. The summed E-state index contributed by atoms with van der Waals surface area (Å²) in [6.07, 6.45) is 1.71. The summed E-state index contributed by atoms with van der Waals surface area (Å²) in [5, 5.41) is 13.9. The number of hydrogen-bond acceptors (Lipinski definition) is 3. The summed E-state index contributed by atoms with van der Waals surface area (Å²) in [6.45, 7) is 0. The fourth-order valence-electron chi connectivity index (χ4n) is 2.10. The quantitative estimate of drug-likeness (QED) is 0.751. The molecular formula is C14H17FN2O4. The highest BCUT2D eigenvalue weighted by atomic mass is 19.1. The standard InChI is InChI=1S/C14H17FN2O4/c1-21-12-5-4-9(6-10(12)15)16-14(20)17-11(7-13(18)19)8-2-3-8/h4-6,8,11H,2-3,7H2,1H3,(H,18,19)(H2,16,17,20). The fraction of sp³-hybridized carbons (Fsp3) is 0.429. The molecule has 7 heteroatoms. The van der Waals surface area contributed by atoms with Gasteiger partial charge in [0.2, 0.25) is 0 Å². The van der Waals surface area contributed by atoms with Crippen LogP contribution in [0, 0.1) is 11.7 Å². The van der Waals surface area contributed by atoms with Crippen LogP contribution in [0.3, 0.4) is 0 Å². The van der Waals surface area contributed by atoms with Crippen molar-refractivity contribution in [3.05, 3.63) is 24.0 Å². The van der Waals surface area contributed by atoms with Gasteiger partial charge in [-0.2, -0.15) is 0 Å². The SMILES string of the molecule is COc1ccc(NC(=O)NC(CC(=O)O)C2CC2)cc1F. The molecule has 114 valence electrons. The summed E-state index contributed by atoms with van der Waals surface area (Å²) in [6, 6.07) is 3.11. The third kappa shape index (κ3) is 4.34. The van der Waals surface area contributed by atoms with Crippen LogP contribution in [-0.4, -0.2) is 30.3 Å². The largest absolute Gasteiger partial charge is 0.494 e. The van der Waals surface area contributed by atoms with Gasteiger partial charge in [0.25, 0.3) is 0 Å². The van der Waals surface area contributed by atoms with E-state index >= 15 is 0 Å². The van der Waals surface area contributed by atoms with Gasteiger partial charge in [-0.05, 0) is 30.9 Å². The van der Waals surface area contributed by atoms with E-state index in [9.17, 15) is 14.0 Å². The Kier molecular flexibility index (Phi) is 4.62. The normalized spacial score (nSPS) is 15.1. The number of urea groups is 1. The number of carboxylic acids is 1. The van der Waals surface area contributed by atoms with Crippen molar-refractivity contribution in [2.45, 2.75) is 25.3 Å². The summed E-state index contributed by atoms with van der Waals surface area (Å²) in [5.41, 5.74) is 0.274. The number of rotatable bonds is 6. The molecule has 1 unspecified atom stereocenters. The maximum atomic E-state index is 13.5. The van der Waals surface area contributed by atoms with Gasteiger partial charge in [-0.15, -0.1) is 0 Å². The number of methoxy groups -OCH3 is 1. The second-order valence-electron chi connectivity index (χ2n) is 4.99. The Morgan fingerprint density at radius 3 is 2.71 bits per heavy atom. The van der Waals surface area contributed by atoms with Crippen molar-refractivity contribution in [1.82, 2.24) is 5.32 Å². The Balaban J connectivity index is 1.94. The van der Waals surface area contributed by atoms with Gasteiger partial charge >= 0.3 is 12.0 Å². The van der Waals surface area contributed by atoms with Crippen LogP contribution in [0.25, 0.3) is 0 Å². The molecule has 0 spiro atoms. The molecule has 2 amide bonds. The molecule has 0 saturated heterocycles. The van der Waals surface area contributed by atoms with Gasteiger partial charge in [0.15, 0.2) is 11.6 Å². The Bertz CT molecular complexity index is 546. The number of ether oxygens (including phenoxy) is 1. The summed E-state index contributed by atoms with van der Waals surface area (Å²) >= 11 is 0. The third-order valence-electron chi connectivity index (χ3n) is 3.31. The minimum atomic E-state index is -0.956. The summed E-state index contributed by atoms with van der Waals surface area (Å²) < 4.78 is 18.3. The Morgan fingerprint density at radius 1 is 1.48 bits per heavy atom. The molecule has 0 bridgehead atoms. The molecule has 0 aromatic heterocycles. The van der Waals surface area contributed by atoms with Crippen LogP contribution in [0.5, 0.6) is 5.75 Å². The fourth-order valence-corrected chi connectivity index (χ4v) is 2.10. The molecule has 0 aliphatic heterocycles. The van der Waals surface area contributed by atoms with Crippen LogP contribution in [0.15, 0.2) is 18.2 Å². The predicted octanol–water partition coefficient (Wildman–Crippen LogP) is 2.21. The number of carboxylic acid groups (broad SMARTS) is 1.